The second-order valence-corrected chi connectivity index (χ2v) is 6.25. The van der Waals surface area contributed by atoms with E-state index in [-0.39, 0.29) is 5.75 Å². The maximum Gasteiger partial charge on any atom is 0.387 e. The minimum atomic E-state index is -2.89. The Morgan fingerprint density at radius 3 is 2.57 bits per heavy atom. The van der Waals surface area contributed by atoms with Crippen LogP contribution >= 0.6 is 0 Å². The molecule has 0 saturated heterocycles. The Hall–Kier alpha value is -2.93. The van der Waals surface area contributed by atoms with Crippen molar-refractivity contribution in [1.29, 1.82) is 0 Å². The van der Waals surface area contributed by atoms with Crippen molar-refractivity contribution >= 4 is 0 Å². The second kappa shape index (κ2) is 9.32. The van der Waals surface area contributed by atoms with Crippen molar-refractivity contribution in [1.82, 2.24) is 9.88 Å². The summed E-state index contributed by atoms with van der Waals surface area (Å²) in [5, 5.41) is 0. The maximum atomic E-state index is 12.5. The summed E-state index contributed by atoms with van der Waals surface area (Å²) in [7, 11) is 1.93. The quantitative estimate of drug-likeness (QED) is 0.518. The average molecular weight is 388 g/mol. The first-order chi connectivity index (χ1) is 13.5. The third-order valence-corrected chi connectivity index (χ3v) is 3.99. The highest BCUT2D eigenvalue weighted by Crippen LogP contribution is 2.30. The van der Waals surface area contributed by atoms with E-state index in [1.54, 1.807) is 25.3 Å². The van der Waals surface area contributed by atoms with Gasteiger partial charge < -0.3 is 13.9 Å². The van der Waals surface area contributed by atoms with Crippen molar-refractivity contribution < 1.29 is 22.7 Å². The van der Waals surface area contributed by atoms with E-state index in [4.69, 9.17) is 9.15 Å². The number of halogens is 2. The summed E-state index contributed by atoms with van der Waals surface area (Å²) >= 11 is 0. The molecule has 0 radical (unpaired) electrons. The van der Waals surface area contributed by atoms with Crippen LogP contribution in [0.3, 0.4) is 0 Å². The molecule has 5 nitrogen and oxygen atoms in total. The van der Waals surface area contributed by atoms with Crippen LogP contribution in [0.4, 0.5) is 8.78 Å². The van der Waals surface area contributed by atoms with Crippen LogP contribution in [-0.4, -0.2) is 30.1 Å². The Morgan fingerprint density at radius 2 is 1.86 bits per heavy atom. The fraction of sp³-hybridized carbons (Fsp3) is 0.286. The van der Waals surface area contributed by atoms with Gasteiger partial charge in [0.2, 0.25) is 5.89 Å². The molecule has 1 heterocycles. The first-order valence-corrected chi connectivity index (χ1v) is 8.94. The van der Waals surface area contributed by atoms with Crippen molar-refractivity contribution in [3.63, 3.8) is 0 Å². The van der Waals surface area contributed by atoms with Crippen LogP contribution in [0.5, 0.6) is 11.5 Å². The largest absolute Gasteiger partial charge is 0.490 e. The van der Waals surface area contributed by atoms with Gasteiger partial charge in [-0.15, -0.1) is 0 Å². The molecule has 0 amide bonds. The van der Waals surface area contributed by atoms with Crippen LogP contribution in [-0.2, 0) is 13.1 Å². The topological polar surface area (TPSA) is 47.7 Å². The van der Waals surface area contributed by atoms with Gasteiger partial charge >= 0.3 is 6.61 Å². The highest BCUT2D eigenvalue weighted by atomic mass is 19.3. The lowest BCUT2D eigenvalue weighted by Gasteiger charge is -2.17. The molecule has 3 rings (SSSR count). The minimum absolute atomic E-state index is 0.0310. The molecule has 0 N–H and O–H groups in total. The zero-order chi connectivity index (χ0) is 19.9. The Balaban J connectivity index is 1.65. The molecule has 148 valence electrons. The smallest absolute Gasteiger partial charge is 0.387 e. The fourth-order valence-corrected chi connectivity index (χ4v) is 2.83. The Labute approximate surface area is 162 Å². The third kappa shape index (κ3) is 5.29. The number of benzene rings is 2. The number of hydrogen-bond acceptors (Lipinski definition) is 5. The molecule has 7 heteroatoms. The lowest BCUT2D eigenvalue weighted by molar-refractivity contribution is -0.0514. The summed E-state index contributed by atoms with van der Waals surface area (Å²) in [5.74, 6) is 1.65. The van der Waals surface area contributed by atoms with Crippen LogP contribution in [0.25, 0.3) is 11.3 Å². The molecule has 0 bridgehead atoms. The van der Waals surface area contributed by atoms with Crippen LogP contribution < -0.4 is 9.47 Å². The minimum Gasteiger partial charge on any atom is -0.490 e. The molecule has 0 aliphatic carbocycles. The van der Waals surface area contributed by atoms with E-state index >= 15 is 0 Å². The summed E-state index contributed by atoms with van der Waals surface area (Å²) in [6.07, 6.45) is 1.71. The van der Waals surface area contributed by atoms with E-state index < -0.39 is 6.61 Å². The molecule has 0 saturated carbocycles. The van der Waals surface area contributed by atoms with Crippen molar-refractivity contribution in [3.8, 4) is 22.8 Å². The lowest BCUT2D eigenvalue weighted by atomic mass is 10.2. The monoisotopic (exact) mass is 388 g/mol. The van der Waals surface area contributed by atoms with Crippen LogP contribution in [0.1, 0.15) is 18.4 Å². The molecule has 3 aromatic rings. The zero-order valence-corrected chi connectivity index (χ0v) is 15.8. The zero-order valence-electron chi connectivity index (χ0n) is 15.8. The summed E-state index contributed by atoms with van der Waals surface area (Å²) < 4.78 is 40.8. The molecule has 0 atom stereocenters. The van der Waals surface area contributed by atoms with E-state index in [1.807, 2.05) is 42.3 Å². The first kappa shape index (κ1) is 19.8. The SMILES string of the molecule is CCOc1cc(CN(C)Cc2ncc(-c3ccccc3)o2)ccc1OC(F)F. The van der Waals surface area contributed by atoms with Crippen LogP contribution in [0.2, 0.25) is 0 Å². The van der Waals surface area contributed by atoms with E-state index in [2.05, 4.69) is 9.72 Å². The first-order valence-electron chi connectivity index (χ1n) is 8.94. The molecule has 1 aromatic heterocycles. The van der Waals surface area contributed by atoms with Gasteiger partial charge in [-0.25, -0.2) is 4.98 Å². The predicted molar refractivity (Wildman–Crippen MR) is 101 cm³/mol. The van der Waals surface area contributed by atoms with Gasteiger partial charge in [0.15, 0.2) is 17.3 Å². The van der Waals surface area contributed by atoms with Gasteiger partial charge in [-0.05, 0) is 31.7 Å². The molecule has 0 aliphatic rings. The van der Waals surface area contributed by atoms with Crippen molar-refractivity contribution in [2.75, 3.05) is 13.7 Å². The molecule has 0 aliphatic heterocycles. The number of aromatic nitrogens is 1. The number of oxazole rings is 1. The summed E-state index contributed by atoms with van der Waals surface area (Å²) in [6.45, 7) is 0.330. The van der Waals surface area contributed by atoms with Gasteiger partial charge in [-0.1, -0.05) is 36.4 Å². The molecule has 0 spiro atoms. The van der Waals surface area contributed by atoms with Gasteiger partial charge in [-0.3, -0.25) is 4.90 Å². The average Bonchev–Trinajstić information content (AvgIpc) is 3.13. The highest BCUT2D eigenvalue weighted by Gasteiger charge is 2.13. The van der Waals surface area contributed by atoms with Crippen LogP contribution in [0.15, 0.2) is 59.1 Å². The van der Waals surface area contributed by atoms with Crippen molar-refractivity contribution in [2.24, 2.45) is 0 Å². The Bertz CT molecular complexity index is 884. The third-order valence-electron chi connectivity index (χ3n) is 3.99. The predicted octanol–water partition coefficient (Wildman–Crippen LogP) is 4.97. The summed E-state index contributed by atoms with van der Waals surface area (Å²) in [4.78, 5) is 6.34. The van der Waals surface area contributed by atoms with Crippen molar-refractivity contribution in [2.45, 2.75) is 26.6 Å². The van der Waals surface area contributed by atoms with E-state index in [9.17, 15) is 8.78 Å². The van der Waals surface area contributed by atoms with Gasteiger partial charge in [0.25, 0.3) is 0 Å². The van der Waals surface area contributed by atoms with Gasteiger partial charge in [0.1, 0.15) is 0 Å². The maximum absolute atomic E-state index is 12.5. The van der Waals surface area contributed by atoms with Gasteiger partial charge in [0, 0.05) is 12.1 Å². The van der Waals surface area contributed by atoms with E-state index in [1.165, 1.54) is 6.07 Å². The van der Waals surface area contributed by atoms with E-state index in [0.29, 0.717) is 31.3 Å². The summed E-state index contributed by atoms with van der Waals surface area (Å²) in [6, 6.07) is 14.7. The number of alkyl halides is 2. The molecule has 0 fully saturated rings. The second-order valence-electron chi connectivity index (χ2n) is 6.25. The van der Waals surface area contributed by atoms with Gasteiger partial charge in [0.05, 0.1) is 19.3 Å². The summed E-state index contributed by atoms with van der Waals surface area (Å²) in [5.41, 5.74) is 1.88. The molecule has 2 aromatic carbocycles. The fourth-order valence-electron chi connectivity index (χ4n) is 2.83. The molecular weight excluding hydrogens is 366 g/mol. The highest BCUT2D eigenvalue weighted by molar-refractivity contribution is 5.55. The Morgan fingerprint density at radius 1 is 1.07 bits per heavy atom. The lowest BCUT2D eigenvalue weighted by Crippen LogP contribution is -2.17. The molecule has 0 unspecified atom stereocenters. The molecular formula is C21H22F2N2O3. The normalized spacial score (nSPS) is 11.2. The standard InChI is InChI=1S/C21H22F2N2O3/c1-3-26-18-11-15(9-10-17(18)28-21(22)23)13-25(2)14-20-24-12-19(27-20)16-7-5-4-6-8-16/h4-12,21H,3,13-14H2,1-2H3. The number of rotatable bonds is 9. The molecule has 28 heavy (non-hydrogen) atoms. The number of hydrogen-bond donors (Lipinski definition) is 0. The number of ether oxygens (including phenoxy) is 2. The Kier molecular flexibility index (Phi) is 6.60. The van der Waals surface area contributed by atoms with Gasteiger partial charge in [-0.2, -0.15) is 8.78 Å². The van der Waals surface area contributed by atoms with Crippen molar-refractivity contribution in [3.05, 3.63) is 66.2 Å². The van der Waals surface area contributed by atoms with E-state index in [0.717, 1.165) is 16.9 Å². The van der Waals surface area contributed by atoms with Crippen LogP contribution in [0, 0.1) is 0 Å². The number of nitrogens with zero attached hydrogens (tertiary/aromatic N) is 2.